The van der Waals surface area contributed by atoms with Gasteiger partial charge in [0.15, 0.2) is 5.82 Å². The molecule has 0 radical (unpaired) electrons. The monoisotopic (exact) mass is 666 g/mol. The van der Waals surface area contributed by atoms with Gasteiger partial charge in [0, 0.05) is 53.6 Å². The molecule has 3 heterocycles. The van der Waals surface area contributed by atoms with Gasteiger partial charge >= 0.3 is 0 Å². The Morgan fingerprint density at radius 2 is 1.65 bits per heavy atom. The summed E-state index contributed by atoms with van der Waals surface area (Å²) >= 11 is 12.8. The minimum atomic E-state index is -0.710. The molecular formula is C34H44Cl2N8O2. The van der Waals surface area contributed by atoms with Crippen LogP contribution in [0.2, 0.25) is 10.0 Å². The van der Waals surface area contributed by atoms with Crippen molar-refractivity contribution >= 4 is 40.7 Å². The van der Waals surface area contributed by atoms with Gasteiger partial charge in [-0.25, -0.2) is 0 Å². The Kier molecular flexibility index (Phi) is 9.92. The molecule has 1 unspecified atom stereocenters. The molecule has 46 heavy (non-hydrogen) atoms. The van der Waals surface area contributed by atoms with Gasteiger partial charge in [0.25, 0.3) is 11.8 Å². The SMILES string of the molecule is CC(C)(C)CCC(c1ccc(C(=O)NCc2nn[nH]n2)cc1)N1C(=O)C(c2cc(Cl)cc(Cl)c2)=NC12CCN(CC(C)(C)C)CC2. The predicted octanol–water partition coefficient (Wildman–Crippen LogP) is 6.47. The van der Waals surface area contributed by atoms with Gasteiger partial charge in [-0.15, -0.1) is 10.2 Å². The number of amides is 2. The summed E-state index contributed by atoms with van der Waals surface area (Å²) in [5.74, 6) is 0.0323. The molecule has 0 bridgehead atoms. The first-order valence-corrected chi connectivity index (χ1v) is 16.6. The van der Waals surface area contributed by atoms with E-state index < -0.39 is 5.66 Å². The molecule has 1 atom stereocenters. The zero-order chi connectivity index (χ0) is 33.3. The number of aliphatic imine (C=N–C) groups is 1. The zero-order valence-electron chi connectivity index (χ0n) is 27.5. The number of aromatic nitrogens is 4. The van der Waals surface area contributed by atoms with Crippen LogP contribution in [0.5, 0.6) is 0 Å². The topological polar surface area (TPSA) is 119 Å². The van der Waals surface area contributed by atoms with E-state index in [2.05, 4.69) is 72.4 Å². The summed E-state index contributed by atoms with van der Waals surface area (Å²) in [5, 5.41) is 17.4. The third kappa shape index (κ3) is 8.14. The number of hydrogen-bond donors (Lipinski definition) is 2. The minimum Gasteiger partial charge on any atom is -0.345 e. The van der Waals surface area contributed by atoms with Crippen LogP contribution in [0.4, 0.5) is 0 Å². The van der Waals surface area contributed by atoms with Crippen molar-refractivity contribution in [2.24, 2.45) is 15.8 Å². The van der Waals surface area contributed by atoms with Crippen LogP contribution in [0.15, 0.2) is 47.5 Å². The molecule has 246 valence electrons. The average Bonchev–Trinajstić information content (AvgIpc) is 3.59. The fourth-order valence-corrected chi connectivity index (χ4v) is 6.93. The summed E-state index contributed by atoms with van der Waals surface area (Å²) in [6.07, 6.45) is 3.06. The van der Waals surface area contributed by atoms with Gasteiger partial charge in [-0.2, -0.15) is 5.21 Å². The number of likely N-dealkylation sites (tertiary alicyclic amines) is 1. The maximum absolute atomic E-state index is 14.6. The highest BCUT2D eigenvalue weighted by Gasteiger charge is 2.52. The number of carbonyl (C=O) groups excluding carboxylic acids is 2. The second-order valence-corrected chi connectivity index (χ2v) is 15.7. The number of carbonyl (C=O) groups is 2. The molecule has 2 aliphatic rings. The van der Waals surface area contributed by atoms with Crippen LogP contribution in [0, 0.1) is 10.8 Å². The Bertz CT molecular complexity index is 1550. The number of benzene rings is 2. The van der Waals surface area contributed by atoms with E-state index in [1.165, 1.54) is 0 Å². The Hall–Kier alpha value is -3.34. The van der Waals surface area contributed by atoms with Crippen LogP contribution in [0.1, 0.15) is 101 Å². The standard InChI is InChI=1S/C34H44Cl2N8O2/c1-32(2,3)12-11-27(22-7-9-23(10-8-22)30(45)37-20-28-39-41-42-40-28)44-31(46)29(24-17-25(35)19-26(36)18-24)38-34(44)13-15-43(16-14-34)21-33(4,5)6/h7-10,17-19,27H,11-16,20-21H2,1-6H3,(H,37,45)(H,39,40,41,42). The summed E-state index contributed by atoms with van der Waals surface area (Å²) in [6.45, 7) is 16.2. The number of nitrogens with one attached hydrogen (secondary N) is 2. The third-order valence-electron chi connectivity index (χ3n) is 8.51. The highest BCUT2D eigenvalue weighted by Crippen LogP contribution is 2.45. The highest BCUT2D eigenvalue weighted by atomic mass is 35.5. The lowest BCUT2D eigenvalue weighted by Gasteiger charge is -2.47. The zero-order valence-corrected chi connectivity index (χ0v) is 29.0. The normalized spacial score (nSPS) is 17.8. The molecule has 0 aliphatic carbocycles. The van der Waals surface area contributed by atoms with Crippen molar-refractivity contribution in [3.05, 3.63) is 75.0 Å². The van der Waals surface area contributed by atoms with E-state index in [4.69, 9.17) is 28.2 Å². The van der Waals surface area contributed by atoms with Crippen molar-refractivity contribution in [1.29, 1.82) is 0 Å². The molecule has 1 spiro atoms. The van der Waals surface area contributed by atoms with Gasteiger partial charge < -0.3 is 15.1 Å². The van der Waals surface area contributed by atoms with Crippen molar-refractivity contribution in [2.45, 2.75) is 85.5 Å². The van der Waals surface area contributed by atoms with E-state index in [9.17, 15) is 9.59 Å². The van der Waals surface area contributed by atoms with Crippen molar-refractivity contribution in [3.63, 3.8) is 0 Å². The Balaban J connectivity index is 1.49. The molecule has 1 aromatic heterocycles. The maximum Gasteiger partial charge on any atom is 0.275 e. The fraction of sp³-hybridized carbons (Fsp3) is 0.529. The summed E-state index contributed by atoms with van der Waals surface area (Å²) in [7, 11) is 0. The third-order valence-corrected chi connectivity index (χ3v) is 8.95. The molecule has 2 amide bonds. The van der Waals surface area contributed by atoms with Crippen molar-refractivity contribution in [3.8, 4) is 0 Å². The van der Waals surface area contributed by atoms with Crippen LogP contribution in [0.3, 0.4) is 0 Å². The first-order valence-electron chi connectivity index (χ1n) is 15.9. The van der Waals surface area contributed by atoms with Gasteiger partial charge in [-0.05, 0) is 59.6 Å². The quantitative estimate of drug-likeness (QED) is 0.270. The van der Waals surface area contributed by atoms with Gasteiger partial charge in [0.05, 0.1) is 12.6 Å². The molecule has 2 aliphatic heterocycles. The fourth-order valence-electron chi connectivity index (χ4n) is 6.41. The highest BCUT2D eigenvalue weighted by molar-refractivity contribution is 6.47. The van der Waals surface area contributed by atoms with Gasteiger partial charge in [-0.3, -0.25) is 14.6 Å². The molecule has 2 N–H and O–H groups in total. The molecule has 2 aromatic carbocycles. The van der Waals surface area contributed by atoms with Gasteiger partial charge in [0.2, 0.25) is 0 Å². The molecule has 5 rings (SSSR count). The van der Waals surface area contributed by atoms with Crippen LogP contribution in [-0.2, 0) is 11.3 Å². The number of piperidine rings is 1. The van der Waals surface area contributed by atoms with Crippen LogP contribution in [-0.4, -0.2) is 73.2 Å². The van der Waals surface area contributed by atoms with E-state index in [-0.39, 0.29) is 35.2 Å². The minimum absolute atomic E-state index is 0.0450. The predicted molar refractivity (Wildman–Crippen MR) is 181 cm³/mol. The summed E-state index contributed by atoms with van der Waals surface area (Å²) < 4.78 is 0. The van der Waals surface area contributed by atoms with Crippen LogP contribution >= 0.6 is 23.2 Å². The molecule has 10 nitrogen and oxygen atoms in total. The first kappa shape index (κ1) is 34.0. The van der Waals surface area contributed by atoms with Crippen molar-refractivity contribution < 1.29 is 9.59 Å². The van der Waals surface area contributed by atoms with E-state index in [0.717, 1.165) is 50.9 Å². The number of aromatic amines is 1. The Morgan fingerprint density at radius 3 is 2.22 bits per heavy atom. The van der Waals surface area contributed by atoms with Crippen LogP contribution < -0.4 is 5.32 Å². The van der Waals surface area contributed by atoms with E-state index in [0.29, 0.717) is 32.7 Å². The smallest absolute Gasteiger partial charge is 0.275 e. The molecule has 1 saturated heterocycles. The molecule has 1 fully saturated rings. The number of H-pyrrole nitrogens is 1. The van der Waals surface area contributed by atoms with E-state index in [1.54, 1.807) is 18.2 Å². The summed E-state index contributed by atoms with van der Waals surface area (Å²) in [5.41, 5.74) is 1.99. The summed E-state index contributed by atoms with van der Waals surface area (Å²) in [4.78, 5) is 37.3. The van der Waals surface area contributed by atoms with Crippen LogP contribution in [0.25, 0.3) is 0 Å². The van der Waals surface area contributed by atoms with Crippen molar-refractivity contribution in [1.82, 2.24) is 35.7 Å². The number of hydrogen-bond acceptors (Lipinski definition) is 7. The number of nitrogens with zero attached hydrogens (tertiary/aromatic N) is 6. The van der Waals surface area contributed by atoms with E-state index >= 15 is 0 Å². The lowest BCUT2D eigenvalue weighted by Crippen LogP contribution is -2.55. The molecule has 3 aromatic rings. The van der Waals surface area contributed by atoms with Gasteiger partial charge in [0.1, 0.15) is 11.4 Å². The number of tetrazole rings is 1. The van der Waals surface area contributed by atoms with Crippen molar-refractivity contribution in [2.75, 3.05) is 19.6 Å². The second kappa shape index (κ2) is 13.4. The average molecular weight is 668 g/mol. The van der Waals surface area contributed by atoms with Gasteiger partial charge in [-0.1, -0.05) is 82.1 Å². The lowest BCUT2D eigenvalue weighted by atomic mass is 9.84. The summed E-state index contributed by atoms with van der Waals surface area (Å²) in [6, 6.07) is 12.5. The first-order chi connectivity index (χ1) is 21.6. The lowest BCUT2D eigenvalue weighted by molar-refractivity contribution is -0.134. The molecule has 0 saturated carbocycles. The number of rotatable bonds is 9. The number of halogens is 2. The maximum atomic E-state index is 14.6. The Morgan fingerprint density at radius 1 is 1.00 bits per heavy atom. The second-order valence-electron chi connectivity index (χ2n) is 14.9. The largest absolute Gasteiger partial charge is 0.345 e. The Labute approximate surface area is 281 Å². The molecular weight excluding hydrogens is 623 g/mol. The van der Waals surface area contributed by atoms with E-state index in [1.807, 2.05) is 29.2 Å². The molecule has 12 heteroatoms.